The Balaban J connectivity index is 0.000000470. The van der Waals surface area contributed by atoms with Gasteiger partial charge in [-0.3, -0.25) is 28.3 Å². The lowest BCUT2D eigenvalue weighted by atomic mass is 9.78. The Morgan fingerprint density at radius 1 is 0.433 bits per heavy atom. The molecule has 1 N–H and O–H groups in total. The first kappa shape index (κ1) is 75.2. The standard InChI is InChI=1S/C54H74O8P2.C21H27O4P/c1-36(2)43(33-53(13,14)60-28-27-52(11,12)62-64(59,45-25-21-18-22-26-45)49(56)47-41(7)31-38(4)32-42(47)8)34-54(15,16)61-35-51(9,10)50(57)63(58,44-23-19-17-20-24-44)48(55)46-39(5)29-37(3)30-40(46)6;1-15-13-16(2)19(17(3)14-15)20(23)26(24,18-9-7-6-8-10-18)25-21(4,5)11-12-22/h17-26,29-32,36,43H,27-28,33-35H2,1-16H3;6-10,13-14,22H,11-12H2,1-5H3. The summed E-state index contributed by atoms with van der Waals surface area (Å²) in [6.07, 6.45) is 2.01. The van der Waals surface area contributed by atoms with Gasteiger partial charge in [0.15, 0.2) is 0 Å². The van der Waals surface area contributed by atoms with E-state index in [0.717, 1.165) is 38.9 Å². The van der Waals surface area contributed by atoms with Crippen molar-refractivity contribution in [1.82, 2.24) is 0 Å². The number of carbonyl (C=O) groups is 4. The molecule has 0 spiro atoms. The molecule has 4 unspecified atom stereocenters. The van der Waals surface area contributed by atoms with E-state index in [0.29, 0.717) is 64.3 Å². The summed E-state index contributed by atoms with van der Waals surface area (Å²) in [7, 11) is -12.2. The van der Waals surface area contributed by atoms with Gasteiger partial charge in [0.05, 0.1) is 41.0 Å². The molecule has 0 aliphatic rings. The molecule has 90 heavy (non-hydrogen) atoms. The highest BCUT2D eigenvalue weighted by molar-refractivity contribution is 8.00. The molecule has 0 aliphatic carbocycles. The van der Waals surface area contributed by atoms with Gasteiger partial charge in [0.2, 0.25) is 18.2 Å². The molecule has 0 fully saturated rings. The molecule has 0 amide bonds. The third-order valence-electron chi connectivity index (χ3n) is 16.6. The molecule has 488 valence electrons. The van der Waals surface area contributed by atoms with Crippen LogP contribution in [-0.2, 0) is 37.0 Å². The number of hydrogen-bond donors (Lipinski definition) is 1. The van der Waals surface area contributed by atoms with Gasteiger partial charge in [-0.2, -0.15) is 0 Å². The SMILES string of the molecule is Cc1cc(C)c(C(=O)P(=O)(OC(C)(C)CCO)c2ccccc2)c(C)c1.Cc1cc(C)c(C(=O)P(=O)(OC(C)(C)CCOC(C)(C)CC(CC(C)(C)OCC(C)(C)C(=O)P(=O)(C(=O)c2c(C)cc(C)cc2C)c2ccccc2)C(C)C)c2ccccc2)c(C)c1. The Hall–Kier alpha value is -5.51. The summed E-state index contributed by atoms with van der Waals surface area (Å²) in [5.74, 6) is 0.406. The van der Waals surface area contributed by atoms with Crippen molar-refractivity contribution in [1.29, 1.82) is 0 Å². The molecule has 15 heteroatoms. The summed E-state index contributed by atoms with van der Waals surface area (Å²) in [6, 6.07) is 37.2. The first-order valence-electron chi connectivity index (χ1n) is 31.3. The number of ether oxygens (including phenoxy) is 2. The van der Waals surface area contributed by atoms with Gasteiger partial charge in [-0.25, -0.2) is 0 Å². The topological polar surface area (TPSA) is 177 Å². The Bertz CT molecular complexity index is 3600. The van der Waals surface area contributed by atoms with Crippen LogP contribution < -0.4 is 15.9 Å². The number of carbonyl (C=O) groups excluding carboxylic acids is 4. The summed E-state index contributed by atoms with van der Waals surface area (Å²) >= 11 is 0. The second-order valence-electron chi connectivity index (χ2n) is 28.1. The summed E-state index contributed by atoms with van der Waals surface area (Å²) in [5.41, 5.74) is 2.06. The average molecular weight is 1290 g/mol. The third-order valence-corrected chi connectivity index (χ3v) is 24.6. The summed E-state index contributed by atoms with van der Waals surface area (Å²) < 4.78 is 69.7. The highest BCUT2D eigenvalue weighted by atomic mass is 31.2. The van der Waals surface area contributed by atoms with Crippen LogP contribution in [0.2, 0.25) is 0 Å². The van der Waals surface area contributed by atoms with Gasteiger partial charge in [-0.15, -0.1) is 0 Å². The first-order chi connectivity index (χ1) is 41.6. The van der Waals surface area contributed by atoms with Crippen molar-refractivity contribution in [3.63, 3.8) is 0 Å². The maximum Gasteiger partial charge on any atom is 0.301 e. The van der Waals surface area contributed by atoms with Crippen molar-refractivity contribution in [2.45, 2.75) is 193 Å². The van der Waals surface area contributed by atoms with Gasteiger partial charge in [0.25, 0.3) is 11.0 Å². The van der Waals surface area contributed by atoms with E-state index in [1.54, 1.807) is 113 Å². The van der Waals surface area contributed by atoms with E-state index < -0.39 is 71.8 Å². The zero-order chi connectivity index (χ0) is 67.8. The zero-order valence-corrected chi connectivity index (χ0v) is 60.2. The smallest absolute Gasteiger partial charge is 0.301 e. The van der Waals surface area contributed by atoms with E-state index in [-0.39, 0.29) is 36.8 Å². The van der Waals surface area contributed by atoms with Crippen LogP contribution in [0.5, 0.6) is 0 Å². The number of aryl methyl sites for hydroxylation is 9. The molecule has 4 atom stereocenters. The second-order valence-corrected chi connectivity index (χ2v) is 35.1. The second kappa shape index (κ2) is 30.1. The van der Waals surface area contributed by atoms with Crippen LogP contribution in [0.25, 0.3) is 0 Å². The highest BCUT2D eigenvalue weighted by Crippen LogP contribution is 2.57. The lowest BCUT2D eigenvalue weighted by Gasteiger charge is -2.39. The fourth-order valence-electron chi connectivity index (χ4n) is 12.1. The lowest BCUT2D eigenvalue weighted by Crippen LogP contribution is -2.40. The molecule has 0 saturated heterocycles. The quantitative estimate of drug-likeness (QED) is 0.0440. The molecule has 6 aromatic rings. The highest BCUT2D eigenvalue weighted by Gasteiger charge is 2.51. The van der Waals surface area contributed by atoms with Crippen molar-refractivity contribution in [3.8, 4) is 0 Å². The Labute approximate surface area is 538 Å². The molecule has 0 saturated carbocycles. The normalized spacial score (nSPS) is 14.8. The Morgan fingerprint density at radius 2 is 0.744 bits per heavy atom. The maximum absolute atomic E-state index is 15.2. The van der Waals surface area contributed by atoms with E-state index in [2.05, 4.69) is 27.7 Å². The van der Waals surface area contributed by atoms with Crippen molar-refractivity contribution in [2.75, 3.05) is 19.8 Å². The van der Waals surface area contributed by atoms with Crippen LogP contribution in [0.4, 0.5) is 0 Å². The van der Waals surface area contributed by atoms with Gasteiger partial charge in [0.1, 0.15) is 0 Å². The molecule has 6 rings (SSSR count). The predicted octanol–water partition coefficient (Wildman–Crippen LogP) is 17.7. The van der Waals surface area contributed by atoms with Crippen molar-refractivity contribution >= 4 is 59.9 Å². The number of aliphatic hydroxyl groups is 1. The number of rotatable bonds is 29. The average Bonchev–Trinajstić information content (AvgIpc) is 0.789. The van der Waals surface area contributed by atoms with Crippen LogP contribution in [0.15, 0.2) is 127 Å². The minimum atomic E-state index is -4.31. The fraction of sp³-hybridized carbons (Fsp3) is 0.467. The monoisotopic (exact) mass is 1290 g/mol. The van der Waals surface area contributed by atoms with Gasteiger partial charge >= 0.3 is 14.7 Å². The van der Waals surface area contributed by atoms with Gasteiger partial charge in [-0.05, 0) is 213 Å². The van der Waals surface area contributed by atoms with Gasteiger partial charge in [0, 0.05) is 39.2 Å². The first-order valence-corrected chi connectivity index (χ1v) is 36.2. The molecule has 0 heterocycles. The Morgan fingerprint density at radius 3 is 1.08 bits per heavy atom. The maximum atomic E-state index is 15.2. The van der Waals surface area contributed by atoms with Gasteiger partial charge in [-0.1, -0.05) is 148 Å². The molecule has 0 aliphatic heterocycles. The third kappa shape index (κ3) is 18.6. The van der Waals surface area contributed by atoms with E-state index in [4.69, 9.17) is 18.5 Å². The van der Waals surface area contributed by atoms with Crippen LogP contribution >= 0.6 is 21.9 Å². The molecule has 0 aromatic heterocycles. The molecule has 0 bridgehead atoms. The molecular weight excluding hydrogens is 1190 g/mol. The van der Waals surface area contributed by atoms with E-state index in [1.807, 2.05) is 132 Å². The minimum absolute atomic E-state index is 0.0347. The van der Waals surface area contributed by atoms with Crippen molar-refractivity contribution < 1.29 is 56.5 Å². The van der Waals surface area contributed by atoms with E-state index >= 15 is 4.57 Å². The summed E-state index contributed by atoms with van der Waals surface area (Å²) in [4.78, 5) is 56.9. The largest absolute Gasteiger partial charge is 0.396 e. The van der Waals surface area contributed by atoms with Crippen LogP contribution in [-0.4, -0.2) is 69.4 Å². The summed E-state index contributed by atoms with van der Waals surface area (Å²) in [5, 5.41) is 10.2. The summed E-state index contributed by atoms with van der Waals surface area (Å²) in [6.45, 7) is 40.2. The Kier molecular flexibility index (Phi) is 25.1. The van der Waals surface area contributed by atoms with Crippen molar-refractivity contribution in [3.05, 3.63) is 194 Å². The minimum Gasteiger partial charge on any atom is -0.396 e. The predicted molar refractivity (Wildman–Crippen MR) is 369 cm³/mol. The van der Waals surface area contributed by atoms with E-state index in [9.17, 15) is 33.4 Å². The van der Waals surface area contributed by atoms with Gasteiger partial charge < -0.3 is 28.2 Å². The number of benzene rings is 6. The van der Waals surface area contributed by atoms with Crippen molar-refractivity contribution in [2.24, 2.45) is 17.3 Å². The molecule has 12 nitrogen and oxygen atoms in total. The molecular formula is C75H101O12P3. The molecule has 6 aromatic carbocycles. The van der Waals surface area contributed by atoms with Crippen LogP contribution in [0, 0.1) is 79.6 Å². The molecule has 0 radical (unpaired) electrons. The number of hydrogen-bond acceptors (Lipinski definition) is 12. The van der Waals surface area contributed by atoms with E-state index in [1.165, 1.54) is 0 Å². The lowest BCUT2D eigenvalue weighted by molar-refractivity contribution is -0.128. The fourth-order valence-corrected chi connectivity index (χ4v) is 19.7. The number of aliphatic hydroxyl groups excluding tert-OH is 1. The van der Waals surface area contributed by atoms with Crippen LogP contribution in [0.3, 0.4) is 0 Å². The van der Waals surface area contributed by atoms with Crippen LogP contribution in [0.1, 0.15) is 190 Å². The zero-order valence-electron chi connectivity index (χ0n) is 57.5.